The molecule has 8 nitrogen and oxygen atoms in total. The highest BCUT2D eigenvalue weighted by Crippen LogP contribution is 2.38. The maximum atomic E-state index is 12.5. The van der Waals surface area contributed by atoms with Gasteiger partial charge in [0.15, 0.2) is 0 Å². The van der Waals surface area contributed by atoms with Gasteiger partial charge < -0.3 is 10.4 Å². The van der Waals surface area contributed by atoms with Crippen molar-refractivity contribution in [3.8, 4) is 0 Å². The molecule has 1 atom stereocenters. The molecule has 150 valence electrons. The molecule has 2 aliphatic carbocycles. The molecule has 8 heteroatoms. The van der Waals surface area contributed by atoms with E-state index in [1.807, 2.05) is 0 Å². The Morgan fingerprint density at radius 2 is 1.96 bits per heavy atom. The van der Waals surface area contributed by atoms with E-state index >= 15 is 0 Å². The average Bonchev–Trinajstić information content (AvgIpc) is 2.66. The van der Waals surface area contributed by atoms with E-state index in [0.29, 0.717) is 12.3 Å². The first-order valence-corrected chi connectivity index (χ1v) is 9.67. The molecule has 0 aromatic rings. The van der Waals surface area contributed by atoms with Crippen LogP contribution >= 0.6 is 0 Å². The Morgan fingerprint density at radius 1 is 1.21 bits per heavy atom. The van der Waals surface area contributed by atoms with Crippen molar-refractivity contribution in [2.45, 2.75) is 44.9 Å². The van der Waals surface area contributed by atoms with Crippen LogP contribution in [0.15, 0.2) is 29.3 Å². The monoisotopic (exact) mass is 387 g/mol. The predicted octanol–water partition coefficient (Wildman–Crippen LogP) is 2.06. The fraction of sp³-hybridized carbons (Fsp3) is 0.550. The molecule has 0 saturated heterocycles. The van der Waals surface area contributed by atoms with Crippen LogP contribution in [-0.4, -0.2) is 52.6 Å². The number of aliphatic carboxylic acids is 1. The molecule has 2 N–H and O–H groups in total. The van der Waals surface area contributed by atoms with E-state index < -0.39 is 23.3 Å². The molecule has 0 aromatic heterocycles. The van der Waals surface area contributed by atoms with Crippen molar-refractivity contribution in [2.24, 2.45) is 16.3 Å². The van der Waals surface area contributed by atoms with Gasteiger partial charge in [0.2, 0.25) is 11.8 Å². The molecule has 1 unspecified atom stereocenters. The second-order valence-electron chi connectivity index (χ2n) is 7.69. The van der Waals surface area contributed by atoms with E-state index in [-0.39, 0.29) is 31.2 Å². The number of rotatable bonds is 7. The van der Waals surface area contributed by atoms with Gasteiger partial charge in [-0.2, -0.15) is 4.99 Å². The lowest BCUT2D eigenvalue weighted by atomic mass is 9.71. The maximum absolute atomic E-state index is 12.5. The molecule has 0 spiro atoms. The van der Waals surface area contributed by atoms with E-state index in [1.165, 1.54) is 0 Å². The van der Waals surface area contributed by atoms with Gasteiger partial charge in [-0.05, 0) is 24.3 Å². The lowest BCUT2D eigenvalue weighted by molar-refractivity contribution is -0.141. The molecule has 1 aliphatic heterocycles. The molecule has 3 rings (SSSR count). The summed E-state index contributed by atoms with van der Waals surface area (Å²) in [5.41, 5.74) is 0.0145. The van der Waals surface area contributed by atoms with Crippen LogP contribution in [0.25, 0.3) is 0 Å². The number of urea groups is 1. The Bertz CT molecular complexity index is 762. The molecular formula is C20H25N3O5. The van der Waals surface area contributed by atoms with Crippen LogP contribution in [0.1, 0.15) is 44.9 Å². The molecule has 1 fully saturated rings. The van der Waals surface area contributed by atoms with Crippen LogP contribution < -0.4 is 5.32 Å². The van der Waals surface area contributed by atoms with Gasteiger partial charge in [0.25, 0.3) is 0 Å². The Morgan fingerprint density at radius 3 is 2.68 bits per heavy atom. The summed E-state index contributed by atoms with van der Waals surface area (Å²) in [7, 11) is 0. The number of nitrogens with one attached hydrogen (secondary N) is 1. The van der Waals surface area contributed by atoms with Crippen molar-refractivity contribution in [2.75, 3.05) is 13.1 Å². The summed E-state index contributed by atoms with van der Waals surface area (Å²) < 4.78 is 0. The lowest BCUT2D eigenvalue weighted by Gasteiger charge is -2.36. The first kappa shape index (κ1) is 20.0. The van der Waals surface area contributed by atoms with Gasteiger partial charge in [-0.1, -0.05) is 37.5 Å². The number of imide groups is 1. The molecule has 0 radical (unpaired) electrons. The second-order valence-corrected chi connectivity index (χ2v) is 7.69. The molecular weight excluding hydrogens is 362 g/mol. The Labute approximate surface area is 163 Å². The maximum Gasteiger partial charge on any atom is 0.350 e. The quantitative estimate of drug-likeness (QED) is 0.694. The fourth-order valence-electron chi connectivity index (χ4n) is 4.11. The SMILES string of the molecule is O=C(O)CC1(CNC(=O)CCN2C(=O)N=C3C=CC=CC3C2=O)CCCCC1. The second kappa shape index (κ2) is 8.50. The van der Waals surface area contributed by atoms with E-state index in [9.17, 15) is 24.3 Å². The molecule has 28 heavy (non-hydrogen) atoms. The first-order valence-electron chi connectivity index (χ1n) is 9.67. The topological polar surface area (TPSA) is 116 Å². The first-order chi connectivity index (χ1) is 13.4. The number of fused-ring (bicyclic) bond motifs is 1. The zero-order valence-corrected chi connectivity index (χ0v) is 15.7. The van der Waals surface area contributed by atoms with E-state index in [0.717, 1.165) is 37.0 Å². The number of nitrogens with zero attached hydrogens (tertiary/aromatic N) is 2. The smallest absolute Gasteiger partial charge is 0.350 e. The Kier molecular flexibility index (Phi) is 6.06. The summed E-state index contributed by atoms with van der Waals surface area (Å²) in [4.78, 5) is 53.0. The Balaban J connectivity index is 1.54. The molecule has 1 heterocycles. The van der Waals surface area contributed by atoms with Gasteiger partial charge >= 0.3 is 12.0 Å². The number of aliphatic imine (C=N–C) groups is 1. The largest absolute Gasteiger partial charge is 0.481 e. The van der Waals surface area contributed by atoms with Crippen molar-refractivity contribution in [1.82, 2.24) is 10.2 Å². The summed E-state index contributed by atoms with van der Waals surface area (Å²) in [6, 6.07) is -0.654. The predicted molar refractivity (Wildman–Crippen MR) is 102 cm³/mol. The minimum absolute atomic E-state index is 0.0300. The summed E-state index contributed by atoms with van der Waals surface area (Å²) in [5, 5.41) is 12.0. The third kappa shape index (κ3) is 4.55. The van der Waals surface area contributed by atoms with Crippen molar-refractivity contribution in [3.63, 3.8) is 0 Å². The molecule has 0 aromatic carbocycles. The zero-order valence-electron chi connectivity index (χ0n) is 15.7. The number of allylic oxidation sites excluding steroid dienone is 3. The van der Waals surface area contributed by atoms with Crippen molar-refractivity contribution in [1.29, 1.82) is 0 Å². The van der Waals surface area contributed by atoms with E-state index in [2.05, 4.69) is 10.3 Å². The third-order valence-corrected chi connectivity index (χ3v) is 5.65. The summed E-state index contributed by atoms with van der Waals surface area (Å²) in [5.74, 6) is -2.11. The lowest BCUT2D eigenvalue weighted by Crippen LogP contribution is -2.47. The highest BCUT2D eigenvalue weighted by atomic mass is 16.4. The molecule has 1 saturated carbocycles. The van der Waals surface area contributed by atoms with Gasteiger partial charge in [0.1, 0.15) is 0 Å². The van der Waals surface area contributed by atoms with Crippen LogP contribution in [-0.2, 0) is 14.4 Å². The van der Waals surface area contributed by atoms with Crippen molar-refractivity contribution < 1.29 is 24.3 Å². The van der Waals surface area contributed by atoms with Crippen LogP contribution in [0.3, 0.4) is 0 Å². The van der Waals surface area contributed by atoms with Gasteiger partial charge in [0.05, 0.1) is 18.1 Å². The minimum Gasteiger partial charge on any atom is -0.481 e. The summed E-state index contributed by atoms with van der Waals surface area (Å²) >= 11 is 0. The van der Waals surface area contributed by atoms with Crippen LogP contribution in [0.2, 0.25) is 0 Å². The zero-order chi connectivity index (χ0) is 20.1. The van der Waals surface area contributed by atoms with Gasteiger partial charge in [0, 0.05) is 19.5 Å². The van der Waals surface area contributed by atoms with Gasteiger partial charge in [-0.3, -0.25) is 19.3 Å². The number of carbonyl (C=O) groups excluding carboxylic acids is 3. The standard InChI is InChI=1S/C20H25N3O5/c24-16(21-13-20(12-17(25)26)9-4-1-5-10-20)8-11-23-18(27)14-6-2-3-7-15(14)22-19(23)28/h2-3,6-7,14H,1,4-5,8-13H2,(H,21,24)(H,25,26). The van der Waals surface area contributed by atoms with Crippen LogP contribution in [0, 0.1) is 11.3 Å². The average molecular weight is 387 g/mol. The summed E-state index contributed by atoms with van der Waals surface area (Å²) in [6.07, 6.45) is 11.3. The minimum atomic E-state index is -0.857. The van der Waals surface area contributed by atoms with Crippen LogP contribution in [0.4, 0.5) is 4.79 Å². The number of carboxylic acid groups (broad SMARTS) is 1. The highest BCUT2D eigenvalue weighted by Gasteiger charge is 2.37. The van der Waals surface area contributed by atoms with E-state index in [4.69, 9.17) is 0 Å². The van der Waals surface area contributed by atoms with Gasteiger partial charge in [-0.15, -0.1) is 0 Å². The number of carbonyl (C=O) groups is 4. The molecule has 4 amide bonds. The molecule has 3 aliphatic rings. The van der Waals surface area contributed by atoms with Crippen molar-refractivity contribution in [3.05, 3.63) is 24.3 Å². The highest BCUT2D eigenvalue weighted by molar-refractivity contribution is 6.21. The van der Waals surface area contributed by atoms with Crippen LogP contribution in [0.5, 0.6) is 0 Å². The normalized spacial score (nSPS) is 23.2. The van der Waals surface area contributed by atoms with Crippen molar-refractivity contribution >= 4 is 29.5 Å². The van der Waals surface area contributed by atoms with Gasteiger partial charge in [-0.25, -0.2) is 4.79 Å². The number of carboxylic acids is 1. The molecule has 0 bridgehead atoms. The summed E-state index contributed by atoms with van der Waals surface area (Å²) in [6.45, 7) is 0.263. The third-order valence-electron chi connectivity index (χ3n) is 5.65. The number of hydrogen-bond donors (Lipinski definition) is 2. The fourth-order valence-corrected chi connectivity index (χ4v) is 4.11. The van der Waals surface area contributed by atoms with E-state index in [1.54, 1.807) is 24.3 Å². The number of hydrogen-bond acceptors (Lipinski definition) is 4. The Hall–Kier alpha value is -2.77. The number of amides is 4.